The number of nitrogens with zero attached hydrogens (tertiary/aromatic N) is 2. The monoisotopic (exact) mass is 214 g/mol. The maximum absolute atomic E-state index is 4.42. The normalized spacial score (nSPS) is 10.5. The fraction of sp³-hybridized carbons (Fsp3) is 0.231. The molecule has 0 bridgehead atoms. The van der Waals surface area contributed by atoms with E-state index in [1.54, 1.807) is 0 Å². The summed E-state index contributed by atoms with van der Waals surface area (Å²) in [6, 6.07) is 7.95. The number of hydrogen-bond acceptors (Lipinski definition) is 2. The largest absolute Gasteiger partial charge is 0.338 e. The van der Waals surface area contributed by atoms with Gasteiger partial charge in [-0.1, -0.05) is 18.2 Å². The molecule has 0 fully saturated rings. The van der Waals surface area contributed by atoms with Gasteiger partial charge in [-0.25, -0.2) is 0 Å². The van der Waals surface area contributed by atoms with Crippen LogP contribution in [0.4, 0.5) is 11.5 Å². The Balaban J connectivity index is 2.34. The Morgan fingerprint density at radius 2 is 1.94 bits per heavy atom. The van der Waals surface area contributed by atoms with Gasteiger partial charge in [-0.05, 0) is 32.4 Å². The van der Waals surface area contributed by atoms with E-state index in [-0.39, 0.29) is 0 Å². The first-order valence-corrected chi connectivity index (χ1v) is 5.28. The van der Waals surface area contributed by atoms with E-state index in [9.17, 15) is 0 Å². The van der Waals surface area contributed by atoms with Crippen molar-refractivity contribution >= 4 is 11.5 Å². The fourth-order valence-corrected chi connectivity index (χ4v) is 1.60. The number of anilines is 2. The van der Waals surface area contributed by atoms with E-state index in [0.29, 0.717) is 0 Å². The van der Waals surface area contributed by atoms with Crippen LogP contribution in [-0.4, -0.2) is 9.78 Å². The molecular formula is C13H16N3. The summed E-state index contributed by atoms with van der Waals surface area (Å²) < 4.78 is 1.88. The van der Waals surface area contributed by atoms with E-state index in [0.717, 1.165) is 17.1 Å². The van der Waals surface area contributed by atoms with Gasteiger partial charge in [0.25, 0.3) is 0 Å². The molecule has 0 saturated carbocycles. The topological polar surface area (TPSA) is 29.9 Å². The van der Waals surface area contributed by atoms with E-state index in [4.69, 9.17) is 0 Å². The van der Waals surface area contributed by atoms with Crippen LogP contribution in [0.3, 0.4) is 0 Å². The second-order valence-corrected chi connectivity index (χ2v) is 3.96. The average molecular weight is 214 g/mol. The first kappa shape index (κ1) is 10.7. The van der Waals surface area contributed by atoms with Gasteiger partial charge >= 0.3 is 0 Å². The van der Waals surface area contributed by atoms with Crippen LogP contribution in [0.1, 0.15) is 16.8 Å². The molecular weight excluding hydrogens is 198 g/mol. The van der Waals surface area contributed by atoms with Crippen molar-refractivity contribution in [3.05, 3.63) is 48.0 Å². The molecule has 1 aromatic carbocycles. The second-order valence-electron chi connectivity index (χ2n) is 3.96. The van der Waals surface area contributed by atoms with Crippen molar-refractivity contribution in [1.29, 1.82) is 0 Å². The standard InChI is InChI=1S/C13H16N3/c1-9-7-5-6-8-12(9)14-13-10(2)11(3)16(4)15-13/h5-8H,1H2,2-4H3,(H,14,15). The number of benzene rings is 1. The lowest BCUT2D eigenvalue weighted by atomic mass is 10.2. The molecule has 83 valence electrons. The quantitative estimate of drug-likeness (QED) is 0.833. The lowest BCUT2D eigenvalue weighted by Gasteiger charge is -2.06. The Hall–Kier alpha value is -1.77. The van der Waals surface area contributed by atoms with Crippen LogP contribution >= 0.6 is 0 Å². The predicted molar refractivity (Wildman–Crippen MR) is 66.9 cm³/mol. The van der Waals surface area contributed by atoms with Crippen LogP contribution in [0.15, 0.2) is 24.3 Å². The molecule has 0 aliphatic rings. The van der Waals surface area contributed by atoms with E-state index >= 15 is 0 Å². The van der Waals surface area contributed by atoms with Crippen LogP contribution in [0, 0.1) is 20.8 Å². The zero-order valence-corrected chi connectivity index (χ0v) is 9.91. The SMILES string of the molecule is [CH2]c1ccccc1Nc1nn(C)c(C)c1C. The highest BCUT2D eigenvalue weighted by Crippen LogP contribution is 2.23. The zero-order chi connectivity index (χ0) is 11.7. The highest BCUT2D eigenvalue weighted by molar-refractivity contribution is 5.64. The molecule has 0 aliphatic carbocycles. The van der Waals surface area contributed by atoms with Crippen LogP contribution < -0.4 is 5.32 Å². The van der Waals surface area contributed by atoms with Crippen molar-refractivity contribution in [2.75, 3.05) is 5.32 Å². The lowest BCUT2D eigenvalue weighted by Crippen LogP contribution is -1.96. The van der Waals surface area contributed by atoms with Gasteiger partial charge in [-0.15, -0.1) is 0 Å². The molecule has 1 radical (unpaired) electrons. The van der Waals surface area contributed by atoms with Gasteiger partial charge in [0, 0.05) is 24.0 Å². The van der Waals surface area contributed by atoms with Gasteiger partial charge in [0.05, 0.1) is 0 Å². The molecule has 3 heteroatoms. The van der Waals surface area contributed by atoms with Crippen LogP contribution in [0.5, 0.6) is 0 Å². The average Bonchev–Trinajstić information content (AvgIpc) is 2.50. The van der Waals surface area contributed by atoms with E-state index in [2.05, 4.69) is 31.2 Å². The molecule has 1 heterocycles. The van der Waals surface area contributed by atoms with Gasteiger partial charge in [-0.2, -0.15) is 5.10 Å². The zero-order valence-electron chi connectivity index (χ0n) is 9.91. The van der Waals surface area contributed by atoms with Crippen molar-refractivity contribution < 1.29 is 0 Å². The predicted octanol–water partition coefficient (Wildman–Crippen LogP) is 2.96. The second kappa shape index (κ2) is 4.00. The molecule has 0 spiro atoms. The molecule has 2 aromatic rings. The van der Waals surface area contributed by atoms with Gasteiger partial charge in [0.1, 0.15) is 0 Å². The van der Waals surface area contributed by atoms with Crippen LogP contribution in [0.2, 0.25) is 0 Å². The molecule has 0 amide bonds. The third kappa shape index (κ3) is 1.81. The summed E-state index contributed by atoms with van der Waals surface area (Å²) in [4.78, 5) is 0. The van der Waals surface area contributed by atoms with Crippen molar-refractivity contribution in [1.82, 2.24) is 9.78 Å². The summed E-state index contributed by atoms with van der Waals surface area (Å²) in [7, 11) is 1.95. The summed E-state index contributed by atoms with van der Waals surface area (Å²) in [5.74, 6) is 0.899. The maximum atomic E-state index is 4.42. The van der Waals surface area contributed by atoms with Gasteiger partial charge in [0.15, 0.2) is 5.82 Å². The summed E-state index contributed by atoms with van der Waals surface area (Å²) in [6.45, 7) is 8.10. The summed E-state index contributed by atoms with van der Waals surface area (Å²) >= 11 is 0. The Kier molecular flexibility index (Phi) is 2.69. The smallest absolute Gasteiger partial charge is 0.155 e. The number of hydrogen-bond donors (Lipinski definition) is 1. The molecule has 1 aromatic heterocycles. The molecule has 0 unspecified atom stereocenters. The Bertz CT molecular complexity index is 512. The summed E-state index contributed by atoms with van der Waals surface area (Å²) in [5.41, 5.74) is 4.32. The van der Waals surface area contributed by atoms with Gasteiger partial charge in [-0.3, -0.25) is 4.68 Å². The number of aromatic nitrogens is 2. The highest BCUT2D eigenvalue weighted by Gasteiger charge is 2.08. The Morgan fingerprint density at radius 3 is 2.50 bits per heavy atom. The van der Waals surface area contributed by atoms with E-state index < -0.39 is 0 Å². The number of para-hydroxylation sites is 1. The molecule has 0 saturated heterocycles. The molecule has 1 N–H and O–H groups in total. The highest BCUT2D eigenvalue weighted by atomic mass is 15.3. The van der Waals surface area contributed by atoms with Crippen LogP contribution in [0.25, 0.3) is 0 Å². The first-order valence-electron chi connectivity index (χ1n) is 5.28. The van der Waals surface area contributed by atoms with E-state index in [1.165, 1.54) is 11.3 Å². The molecule has 16 heavy (non-hydrogen) atoms. The molecule has 0 atom stereocenters. The third-order valence-electron chi connectivity index (χ3n) is 2.90. The number of rotatable bonds is 2. The Labute approximate surface area is 96.1 Å². The van der Waals surface area contributed by atoms with Crippen molar-refractivity contribution in [2.24, 2.45) is 7.05 Å². The van der Waals surface area contributed by atoms with Crippen molar-refractivity contribution in [2.45, 2.75) is 13.8 Å². The maximum Gasteiger partial charge on any atom is 0.155 e. The third-order valence-corrected chi connectivity index (χ3v) is 2.90. The Morgan fingerprint density at radius 1 is 1.25 bits per heavy atom. The molecule has 2 rings (SSSR count). The minimum Gasteiger partial charge on any atom is -0.338 e. The number of nitrogens with one attached hydrogen (secondary N) is 1. The first-order chi connectivity index (χ1) is 7.59. The van der Waals surface area contributed by atoms with Gasteiger partial charge in [0.2, 0.25) is 0 Å². The number of aryl methyl sites for hydroxylation is 1. The fourth-order valence-electron chi connectivity index (χ4n) is 1.60. The molecule has 3 nitrogen and oxygen atoms in total. The summed E-state index contributed by atoms with van der Waals surface area (Å²) in [6.07, 6.45) is 0. The minimum atomic E-state index is 0.899. The summed E-state index contributed by atoms with van der Waals surface area (Å²) in [5, 5.41) is 7.73. The minimum absolute atomic E-state index is 0.899. The van der Waals surface area contributed by atoms with E-state index in [1.807, 2.05) is 36.0 Å². The molecule has 0 aliphatic heterocycles. The van der Waals surface area contributed by atoms with Crippen molar-refractivity contribution in [3.63, 3.8) is 0 Å². The lowest BCUT2D eigenvalue weighted by molar-refractivity contribution is 0.742. The van der Waals surface area contributed by atoms with Crippen LogP contribution in [-0.2, 0) is 7.05 Å². The van der Waals surface area contributed by atoms with Crippen molar-refractivity contribution in [3.8, 4) is 0 Å². The van der Waals surface area contributed by atoms with Gasteiger partial charge < -0.3 is 5.32 Å².